The lowest BCUT2D eigenvalue weighted by Crippen LogP contribution is -2.11. The number of aromatic nitrogens is 2. The molecule has 0 atom stereocenters. The van der Waals surface area contributed by atoms with Gasteiger partial charge in [0.25, 0.3) is 0 Å². The first-order valence-corrected chi connectivity index (χ1v) is 8.21. The summed E-state index contributed by atoms with van der Waals surface area (Å²) in [6.07, 6.45) is 1.92. The van der Waals surface area contributed by atoms with Crippen molar-refractivity contribution in [1.29, 1.82) is 0 Å². The Labute approximate surface area is 149 Å². The second kappa shape index (κ2) is 6.65. The van der Waals surface area contributed by atoms with Crippen LogP contribution in [0.25, 0.3) is 16.8 Å². The fourth-order valence-corrected chi connectivity index (χ4v) is 3.11. The summed E-state index contributed by atoms with van der Waals surface area (Å²) in [5, 5.41) is 11.3. The van der Waals surface area contributed by atoms with Gasteiger partial charge in [0, 0.05) is 30.3 Å². The van der Waals surface area contributed by atoms with E-state index in [1.807, 2.05) is 30.3 Å². The Hall–Kier alpha value is -3.12. The molecule has 0 saturated heterocycles. The first-order chi connectivity index (χ1) is 12.6. The van der Waals surface area contributed by atoms with Gasteiger partial charge in [-0.25, -0.2) is 8.78 Å². The van der Waals surface area contributed by atoms with Crippen LogP contribution in [0.5, 0.6) is 0 Å². The topological polar surface area (TPSA) is 63.8 Å². The maximum absolute atomic E-state index is 14.3. The van der Waals surface area contributed by atoms with Gasteiger partial charge in [0.2, 0.25) is 0 Å². The first kappa shape index (κ1) is 16.4. The molecule has 0 spiro atoms. The molecule has 2 aromatic carbocycles. The molecule has 1 aliphatic rings. The van der Waals surface area contributed by atoms with E-state index in [2.05, 4.69) is 15.5 Å². The minimum absolute atomic E-state index is 0.363. The molecule has 2 heterocycles. The molecule has 130 valence electrons. The number of benzene rings is 2. The molecule has 1 aliphatic heterocycles. The van der Waals surface area contributed by atoms with Gasteiger partial charge in [-0.2, -0.15) is 0 Å². The predicted molar refractivity (Wildman–Crippen MR) is 97.0 cm³/mol. The number of nitrogen functional groups attached to an aromatic ring is 1. The average Bonchev–Trinajstić information content (AvgIpc) is 2.84. The molecule has 1 aromatic heterocycles. The summed E-state index contributed by atoms with van der Waals surface area (Å²) in [5.41, 5.74) is 10.3. The zero-order valence-electron chi connectivity index (χ0n) is 13.8. The maximum atomic E-state index is 14.3. The molecule has 26 heavy (non-hydrogen) atoms. The van der Waals surface area contributed by atoms with E-state index in [1.165, 1.54) is 12.1 Å². The van der Waals surface area contributed by atoms with Crippen molar-refractivity contribution in [2.24, 2.45) is 0 Å². The number of hydrogen-bond donors (Lipinski definition) is 2. The number of halogens is 2. The minimum Gasteiger partial charge on any atom is -0.382 e. The number of hydrogen-bond acceptors (Lipinski definition) is 4. The monoisotopic (exact) mass is 350 g/mol. The second-order valence-corrected chi connectivity index (χ2v) is 6.09. The SMILES string of the molecule is Nc1ccc(-c2ccc3c(c2)CNCC=C3c2ccc(F)cc2F)nn1. The molecule has 4 rings (SSSR count). The molecule has 0 saturated carbocycles. The van der Waals surface area contributed by atoms with E-state index in [-0.39, 0.29) is 0 Å². The number of nitrogens with two attached hydrogens (primary N) is 1. The molecule has 3 N–H and O–H groups in total. The number of rotatable bonds is 2. The predicted octanol–water partition coefficient (Wildman–Crippen LogP) is 3.54. The van der Waals surface area contributed by atoms with Crippen LogP contribution in [0.4, 0.5) is 14.6 Å². The van der Waals surface area contributed by atoms with Gasteiger partial charge in [0.1, 0.15) is 17.5 Å². The minimum atomic E-state index is -0.587. The maximum Gasteiger partial charge on any atom is 0.146 e. The summed E-state index contributed by atoms with van der Waals surface area (Å²) in [4.78, 5) is 0. The Bertz CT molecular complexity index is 997. The van der Waals surface area contributed by atoms with Gasteiger partial charge in [0.15, 0.2) is 0 Å². The van der Waals surface area contributed by atoms with Crippen LogP contribution in [0.2, 0.25) is 0 Å². The summed E-state index contributed by atoms with van der Waals surface area (Å²) < 4.78 is 27.6. The Morgan fingerprint density at radius 3 is 2.54 bits per heavy atom. The smallest absolute Gasteiger partial charge is 0.146 e. The molecular formula is C20H16F2N4. The fourth-order valence-electron chi connectivity index (χ4n) is 3.11. The first-order valence-electron chi connectivity index (χ1n) is 8.21. The van der Waals surface area contributed by atoms with Crippen LogP contribution in [0, 0.1) is 11.6 Å². The lowest BCUT2D eigenvalue weighted by atomic mass is 9.92. The number of nitrogens with one attached hydrogen (secondary N) is 1. The normalized spacial score (nSPS) is 13.7. The summed E-state index contributed by atoms with van der Waals surface area (Å²) in [7, 11) is 0. The van der Waals surface area contributed by atoms with Gasteiger partial charge in [-0.05, 0) is 47.0 Å². The van der Waals surface area contributed by atoms with Crippen LogP contribution in [-0.4, -0.2) is 16.7 Å². The zero-order valence-corrected chi connectivity index (χ0v) is 13.8. The van der Waals surface area contributed by atoms with Crippen molar-refractivity contribution >= 4 is 11.4 Å². The van der Waals surface area contributed by atoms with Gasteiger partial charge in [-0.1, -0.05) is 18.2 Å². The molecule has 6 heteroatoms. The lowest BCUT2D eigenvalue weighted by molar-refractivity contribution is 0.581. The molecule has 0 aliphatic carbocycles. The van der Waals surface area contributed by atoms with E-state index >= 15 is 0 Å². The van der Waals surface area contributed by atoms with Crippen molar-refractivity contribution in [2.75, 3.05) is 12.3 Å². The van der Waals surface area contributed by atoms with Crippen molar-refractivity contribution < 1.29 is 8.78 Å². The lowest BCUT2D eigenvalue weighted by Gasteiger charge is -2.13. The standard InChI is InChI=1S/C20H16F2N4/c21-14-2-4-17(18(22)10-14)16-7-8-24-11-13-9-12(1-3-15(13)16)19-5-6-20(23)26-25-19/h1-7,9-10,24H,8,11H2,(H2,23,26). The van der Waals surface area contributed by atoms with Crippen LogP contribution < -0.4 is 11.1 Å². The molecule has 0 unspecified atom stereocenters. The highest BCUT2D eigenvalue weighted by atomic mass is 19.1. The van der Waals surface area contributed by atoms with E-state index in [1.54, 1.807) is 6.07 Å². The van der Waals surface area contributed by atoms with Gasteiger partial charge in [-0.15, -0.1) is 10.2 Å². The van der Waals surface area contributed by atoms with Crippen molar-refractivity contribution in [1.82, 2.24) is 15.5 Å². The highest BCUT2D eigenvalue weighted by Crippen LogP contribution is 2.32. The summed E-state index contributed by atoms with van der Waals surface area (Å²) in [6.45, 7) is 1.23. The molecule has 0 amide bonds. The summed E-state index contributed by atoms with van der Waals surface area (Å²) in [6, 6.07) is 13.0. The fraction of sp³-hybridized carbons (Fsp3) is 0.100. The average molecular weight is 350 g/mol. The van der Waals surface area contributed by atoms with Crippen LogP contribution in [0.3, 0.4) is 0 Å². The quantitative estimate of drug-likeness (QED) is 0.742. The molecule has 0 fully saturated rings. The third kappa shape index (κ3) is 3.07. The molecule has 3 aromatic rings. The van der Waals surface area contributed by atoms with Gasteiger partial charge in [0.05, 0.1) is 5.69 Å². The van der Waals surface area contributed by atoms with E-state index in [9.17, 15) is 8.78 Å². The van der Waals surface area contributed by atoms with Gasteiger partial charge < -0.3 is 11.1 Å². The van der Waals surface area contributed by atoms with E-state index < -0.39 is 11.6 Å². The van der Waals surface area contributed by atoms with Crippen LogP contribution in [0.15, 0.2) is 54.6 Å². The van der Waals surface area contributed by atoms with Gasteiger partial charge in [-0.3, -0.25) is 0 Å². The Balaban J connectivity index is 1.79. The van der Waals surface area contributed by atoms with E-state index in [0.717, 1.165) is 28.3 Å². The zero-order chi connectivity index (χ0) is 18.1. The van der Waals surface area contributed by atoms with Gasteiger partial charge >= 0.3 is 0 Å². The number of anilines is 1. The highest BCUT2D eigenvalue weighted by Gasteiger charge is 2.17. The summed E-state index contributed by atoms with van der Waals surface area (Å²) >= 11 is 0. The van der Waals surface area contributed by atoms with Crippen molar-refractivity contribution in [3.05, 3.63) is 82.9 Å². The molecule has 0 bridgehead atoms. The highest BCUT2D eigenvalue weighted by molar-refractivity contribution is 5.83. The number of nitrogens with zero attached hydrogens (tertiary/aromatic N) is 2. The Morgan fingerprint density at radius 1 is 0.923 bits per heavy atom. The Morgan fingerprint density at radius 2 is 1.77 bits per heavy atom. The van der Waals surface area contributed by atoms with Crippen molar-refractivity contribution in [3.63, 3.8) is 0 Å². The van der Waals surface area contributed by atoms with E-state index in [4.69, 9.17) is 5.73 Å². The van der Waals surface area contributed by atoms with Crippen LogP contribution >= 0.6 is 0 Å². The van der Waals surface area contributed by atoms with Crippen molar-refractivity contribution in [3.8, 4) is 11.3 Å². The van der Waals surface area contributed by atoms with Crippen LogP contribution in [-0.2, 0) is 6.54 Å². The Kier molecular flexibility index (Phi) is 4.18. The van der Waals surface area contributed by atoms with Crippen LogP contribution in [0.1, 0.15) is 16.7 Å². The largest absolute Gasteiger partial charge is 0.382 e. The van der Waals surface area contributed by atoms with Crippen molar-refractivity contribution in [2.45, 2.75) is 6.54 Å². The molecule has 0 radical (unpaired) electrons. The molecule has 4 nitrogen and oxygen atoms in total. The summed E-state index contributed by atoms with van der Waals surface area (Å²) in [5.74, 6) is -0.796. The van der Waals surface area contributed by atoms with E-state index in [0.29, 0.717) is 30.2 Å². The third-order valence-electron chi connectivity index (χ3n) is 4.36. The second-order valence-electron chi connectivity index (χ2n) is 6.09. The third-order valence-corrected chi connectivity index (χ3v) is 4.36. The molecular weight excluding hydrogens is 334 g/mol. The number of fused-ring (bicyclic) bond motifs is 1.